The maximum absolute atomic E-state index is 12.8. The molecule has 0 saturated carbocycles. The number of alkyl halides is 3. The summed E-state index contributed by atoms with van der Waals surface area (Å²) in [5, 5.41) is 6.31. The van der Waals surface area contributed by atoms with Crippen molar-refractivity contribution in [1.29, 1.82) is 0 Å². The second-order valence-electron chi connectivity index (χ2n) is 5.74. The molecular weight excluding hydrogens is 391 g/mol. The van der Waals surface area contributed by atoms with Crippen molar-refractivity contribution in [3.05, 3.63) is 46.5 Å². The molecule has 1 aromatic carbocycles. The number of halogens is 4. The van der Waals surface area contributed by atoms with Gasteiger partial charge in [0, 0.05) is 16.4 Å². The molecule has 23 heavy (non-hydrogen) atoms. The first kappa shape index (κ1) is 19.6. The van der Waals surface area contributed by atoms with Gasteiger partial charge in [0.15, 0.2) is 0 Å². The van der Waals surface area contributed by atoms with Crippen LogP contribution in [-0.4, -0.2) is 11.2 Å². The Balaban J connectivity index is 0.00000264. The predicted molar refractivity (Wildman–Crippen MR) is 93.8 cm³/mol. The Labute approximate surface area is 147 Å². The maximum atomic E-state index is 12.8. The van der Waals surface area contributed by atoms with Gasteiger partial charge in [-0.25, -0.2) is 4.98 Å². The first-order valence-corrected chi connectivity index (χ1v) is 7.47. The molecule has 0 bridgehead atoms. The number of hydrogen-bond acceptors (Lipinski definition) is 4. The van der Waals surface area contributed by atoms with E-state index < -0.39 is 11.7 Å². The van der Waals surface area contributed by atoms with Crippen molar-refractivity contribution in [2.45, 2.75) is 32.4 Å². The summed E-state index contributed by atoms with van der Waals surface area (Å²) in [5.41, 5.74) is 2.80. The Hall–Kier alpha value is -1.41. The highest BCUT2D eigenvalue weighted by molar-refractivity contribution is 8.93. The van der Waals surface area contributed by atoms with Crippen LogP contribution in [0.15, 0.2) is 34.7 Å². The molecule has 0 unspecified atom stereocenters. The summed E-state index contributed by atoms with van der Waals surface area (Å²) in [4.78, 5) is 4.36. The van der Waals surface area contributed by atoms with Gasteiger partial charge in [-0.2, -0.15) is 18.3 Å². The molecule has 2 rings (SSSR count). The minimum atomic E-state index is -4.40. The van der Waals surface area contributed by atoms with Crippen LogP contribution in [0.25, 0.3) is 0 Å². The molecule has 0 fully saturated rings. The number of anilines is 1. The molecule has 1 heterocycles. The third-order valence-electron chi connectivity index (χ3n) is 2.90. The highest BCUT2D eigenvalue weighted by Gasteiger charge is 2.32. The molecule has 0 aliphatic heterocycles. The standard InChI is InChI=1S/C15H16F3N3S.BrH/c1-14(2,3)12-9-22-13(20-12)21-19-8-10-6-4-5-7-11(10)15(16,17)18;/h4-9H,1-3H3,(H,20,21);1H/b19-8+;. The van der Waals surface area contributed by atoms with Crippen LogP contribution >= 0.6 is 28.3 Å². The third-order valence-corrected chi connectivity index (χ3v) is 3.65. The summed E-state index contributed by atoms with van der Waals surface area (Å²) in [6.07, 6.45) is -3.25. The van der Waals surface area contributed by atoms with Crippen LogP contribution in [0.1, 0.15) is 37.6 Å². The quantitative estimate of drug-likeness (QED) is 0.539. The van der Waals surface area contributed by atoms with Crippen molar-refractivity contribution in [2.75, 3.05) is 5.43 Å². The van der Waals surface area contributed by atoms with Crippen LogP contribution in [0.2, 0.25) is 0 Å². The Kier molecular flexibility index (Phi) is 6.35. The van der Waals surface area contributed by atoms with E-state index in [4.69, 9.17) is 0 Å². The van der Waals surface area contributed by atoms with Crippen molar-refractivity contribution in [3.63, 3.8) is 0 Å². The molecular formula is C15H17BrF3N3S. The summed E-state index contributed by atoms with van der Waals surface area (Å²) in [5.74, 6) is 0. The number of hydrazone groups is 1. The second kappa shape index (κ2) is 7.44. The van der Waals surface area contributed by atoms with E-state index in [0.29, 0.717) is 5.13 Å². The molecule has 0 spiro atoms. The van der Waals surface area contributed by atoms with E-state index >= 15 is 0 Å². The number of aromatic nitrogens is 1. The van der Waals surface area contributed by atoms with Crippen molar-refractivity contribution in [3.8, 4) is 0 Å². The van der Waals surface area contributed by atoms with Gasteiger partial charge in [0.05, 0.1) is 17.5 Å². The van der Waals surface area contributed by atoms with Crippen molar-refractivity contribution < 1.29 is 13.2 Å². The molecule has 1 aromatic heterocycles. The molecule has 126 valence electrons. The Morgan fingerprint density at radius 2 is 1.83 bits per heavy atom. The Bertz CT molecular complexity index is 675. The zero-order chi connectivity index (χ0) is 16.4. The van der Waals surface area contributed by atoms with E-state index in [2.05, 4.69) is 15.5 Å². The molecule has 1 N–H and O–H groups in total. The first-order valence-electron chi connectivity index (χ1n) is 6.59. The third kappa shape index (κ3) is 5.31. The van der Waals surface area contributed by atoms with E-state index in [9.17, 15) is 13.2 Å². The number of benzene rings is 1. The largest absolute Gasteiger partial charge is 0.417 e. The van der Waals surface area contributed by atoms with E-state index in [1.165, 1.54) is 29.5 Å². The summed E-state index contributed by atoms with van der Waals surface area (Å²) in [7, 11) is 0. The van der Waals surface area contributed by atoms with Gasteiger partial charge in [-0.3, -0.25) is 5.43 Å². The highest BCUT2D eigenvalue weighted by atomic mass is 79.9. The van der Waals surface area contributed by atoms with Crippen molar-refractivity contribution in [2.24, 2.45) is 5.10 Å². The second-order valence-corrected chi connectivity index (χ2v) is 6.60. The SMILES string of the molecule is Br.CC(C)(C)c1csc(N/N=C/c2ccccc2C(F)(F)F)n1. The van der Waals surface area contributed by atoms with Crippen LogP contribution in [0.5, 0.6) is 0 Å². The van der Waals surface area contributed by atoms with Gasteiger partial charge in [0.25, 0.3) is 0 Å². The Morgan fingerprint density at radius 3 is 2.39 bits per heavy atom. The molecule has 0 atom stereocenters. The summed E-state index contributed by atoms with van der Waals surface area (Å²) in [6, 6.07) is 5.29. The van der Waals surface area contributed by atoms with E-state index in [-0.39, 0.29) is 28.0 Å². The monoisotopic (exact) mass is 407 g/mol. The number of thiazole rings is 1. The average molecular weight is 408 g/mol. The topological polar surface area (TPSA) is 37.3 Å². The van der Waals surface area contributed by atoms with Crippen LogP contribution in [0.3, 0.4) is 0 Å². The minimum absolute atomic E-state index is 0. The van der Waals surface area contributed by atoms with Gasteiger partial charge in [0.1, 0.15) is 0 Å². The van der Waals surface area contributed by atoms with Gasteiger partial charge in [-0.1, -0.05) is 39.0 Å². The van der Waals surface area contributed by atoms with Crippen LogP contribution < -0.4 is 5.43 Å². The molecule has 3 nitrogen and oxygen atoms in total. The molecule has 0 radical (unpaired) electrons. The first-order chi connectivity index (χ1) is 10.2. The van der Waals surface area contributed by atoms with Crippen LogP contribution in [0, 0.1) is 0 Å². The zero-order valence-corrected chi connectivity index (χ0v) is 15.3. The number of rotatable bonds is 3. The predicted octanol–water partition coefficient (Wildman–Crippen LogP) is 5.48. The van der Waals surface area contributed by atoms with Gasteiger partial charge in [-0.05, 0) is 6.07 Å². The number of hydrogen-bond donors (Lipinski definition) is 1. The van der Waals surface area contributed by atoms with Crippen LogP contribution in [0.4, 0.5) is 18.3 Å². The molecule has 0 aliphatic rings. The Morgan fingerprint density at radius 1 is 1.17 bits per heavy atom. The van der Waals surface area contributed by atoms with Gasteiger partial charge in [-0.15, -0.1) is 28.3 Å². The number of nitrogens with zero attached hydrogens (tertiary/aromatic N) is 2. The molecule has 8 heteroatoms. The smallest absolute Gasteiger partial charge is 0.253 e. The molecule has 0 amide bonds. The average Bonchev–Trinajstić information content (AvgIpc) is 2.87. The fourth-order valence-corrected chi connectivity index (χ4v) is 2.58. The van der Waals surface area contributed by atoms with E-state index in [1.54, 1.807) is 0 Å². The van der Waals surface area contributed by atoms with Gasteiger partial charge < -0.3 is 0 Å². The summed E-state index contributed by atoms with van der Waals surface area (Å²) in [6.45, 7) is 6.11. The maximum Gasteiger partial charge on any atom is 0.417 e. The van der Waals surface area contributed by atoms with E-state index in [1.807, 2.05) is 26.2 Å². The molecule has 2 aromatic rings. The fourth-order valence-electron chi connectivity index (χ4n) is 1.69. The lowest BCUT2D eigenvalue weighted by Gasteiger charge is -2.13. The summed E-state index contributed by atoms with van der Waals surface area (Å²) < 4.78 is 38.5. The zero-order valence-electron chi connectivity index (χ0n) is 12.8. The minimum Gasteiger partial charge on any atom is -0.253 e. The molecule has 0 aliphatic carbocycles. The highest BCUT2D eigenvalue weighted by Crippen LogP contribution is 2.31. The fraction of sp³-hybridized carbons (Fsp3) is 0.333. The van der Waals surface area contributed by atoms with Gasteiger partial charge in [0.2, 0.25) is 5.13 Å². The van der Waals surface area contributed by atoms with Crippen molar-refractivity contribution >= 4 is 39.7 Å². The van der Waals surface area contributed by atoms with Crippen LogP contribution in [-0.2, 0) is 11.6 Å². The van der Waals surface area contributed by atoms with E-state index in [0.717, 1.165) is 18.0 Å². The molecule has 0 saturated heterocycles. The lowest BCUT2D eigenvalue weighted by molar-refractivity contribution is -0.137. The van der Waals surface area contributed by atoms with Crippen molar-refractivity contribution in [1.82, 2.24) is 4.98 Å². The number of nitrogens with one attached hydrogen (secondary N) is 1. The lowest BCUT2D eigenvalue weighted by atomic mass is 9.93. The lowest BCUT2D eigenvalue weighted by Crippen LogP contribution is -2.11. The summed E-state index contributed by atoms with van der Waals surface area (Å²) >= 11 is 1.36. The normalized spacial score (nSPS) is 12.3. The van der Waals surface area contributed by atoms with Gasteiger partial charge >= 0.3 is 6.18 Å².